The lowest BCUT2D eigenvalue weighted by atomic mass is 10.2. The van der Waals surface area contributed by atoms with Crippen LogP contribution in [0.5, 0.6) is 0 Å². The second kappa shape index (κ2) is 5.29. The van der Waals surface area contributed by atoms with E-state index in [2.05, 4.69) is 15.3 Å². The number of nitrogens with zero attached hydrogens (tertiary/aromatic N) is 2. The van der Waals surface area contributed by atoms with Gasteiger partial charge < -0.3 is 10.5 Å². The number of nitrogens with two attached hydrogens (primary N) is 1. The quantitative estimate of drug-likeness (QED) is 0.607. The van der Waals surface area contributed by atoms with Crippen LogP contribution >= 0.6 is 0 Å². The van der Waals surface area contributed by atoms with E-state index in [4.69, 9.17) is 10.5 Å². The molecule has 0 saturated carbocycles. The third kappa shape index (κ3) is 4.96. The lowest BCUT2D eigenvalue weighted by Crippen LogP contribution is -2.27. The van der Waals surface area contributed by atoms with Crippen molar-refractivity contribution >= 4 is 23.9 Å². The predicted molar refractivity (Wildman–Crippen MR) is 66.4 cm³/mol. The Morgan fingerprint density at radius 1 is 1.53 bits per heavy atom. The SMILES string of the molecule is CC(C)(C)OC(=O)Nc1ccc(N=CN)cn1. The molecule has 6 heteroatoms. The van der Waals surface area contributed by atoms with Crippen molar-refractivity contribution in [2.45, 2.75) is 26.4 Å². The van der Waals surface area contributed by atoms with E-state index in [0.717, 1.165) is 0 Å². The highest BCUT2D eigenvalue weighted by Crippen LogP contribution is 2.13. The Bertz CT molecular complexity index is 406. The fourth-order valence-electron chi connectivity index (χ4n) is 1.03. The monoisotopic (exact) mass is 236 g/mol. The highest BCUT2D eigenvalue weighted by atomic mass is 16.6. The number of aliphatic imine (C=N–C) groups is 1. The summed E-state index contributed by atoms with van der Waals surface area (Å²) in [6.45, 7) is 5.37. The van der Waals surface area contributed by atoms with Crippen LogP contribution in [0.1, 0.15) is 20.8 Å². The molecule has 0 aliphatic rings. The lowest BCUT2D eigenvalue weighted by Gasteiger charge is -2.19. The number of carbonyl (C=O) groups is 1. The van der Waals surface area contributed by atoms with Crippen molar-refractivity contribution < 1.29 is 9.53 Å². The van der Waals surface area contributed by atoms with Crippen LogP contribution in [0.25, 0.3) is 0 Å². The topological polar surface area (TPSA) is 89.6 Å². The fraction of sp³-hybridized carbons (Fsp3) is 0.364. The first kappa shape index (κ1) is 13.0. The molecule has 0 aliphatic heterocycles. The molecule has 1 aromatic heterocycles. The van der Waals surface area contributed by atoms with Crippen molar-refractivity contribution in [3.05, 3.63) is 18.3 Å². The molecular formula is C11H16N4O2. The maximum atomic E-state index is 11.4. The molecule has 0 fully saturated rings. The maximum absolute atomic E-state index is 11.4. The summed E-state index contributed by atoms with van der Waals surface area (Å²) in [5.41, 5.74) is 5.22. The minimum absolute atomic E-state index is 0.398. The molecular weight excluding hydrogens is 220 g/mol. The van der Waals surface area contributed by atoms with Crippen molar-refractivity contribution in [1.82, 2.24) is 4.98 Å². The molecule has 92 valence electrons. The molecule has 6 nitrogen and oxygen atoms in total. The summed E-state index contributed by atoms with van der Waals surface area (Å²) < 4.78 is 5.08. The summed E-state index contributed by atoms with van der Waals surface area (Å²) in [6.07, 6.45) is 2.13. The zero-order valence-electron chi connectivity index (χ0n) is 10.1. The van der Waals surface area contributed by atoms with E-state index in [0.29, 0.717) is 11.5 Å². The number of ether oxygens (including phenoxy) is 1. The summed E-state index contributed by atoms with van der Waals surface area (Å²) in [5, 5.41) is 2.51. The minimum Gasteiger partial charge on any atom is -0.444 e. The van der Waals surface area contributed by atoms with Gasteiger partial charge in [-0.15, -0.1) is 0 Å². The van der Waals surface area contributed by atoms with E-state index in [1.165, 1.54) is 12.5 Å². The van der Waals surface area contributed by atoms with Gasteiger partial charge in [-0.3, -0.25) is 5.32 Å². The van der Waals surface area contributed by atoms with Crippen molar-refractivity contribution in [3.63, 3.8) is 0 Å². The standard InChI is InChI=1S/C11H16N4O2/c1-11(2,3)17-10(16)15-9-5-4-8(6-13-9)14-7-12/h4-7H,1-3H3,(H2,12,14)(H,13,15,16). The third-order valence-corrected chi connectivity index (χ3v) is 1.60. The highest BCUT2D eigenvalue weighted by Gasteiger charge is 2.16. The minimum atomic E-state index is -0.542. The van der Waals surface area contributed by atoms with Gasteiger partial charge >= 0.3 is 6.09 Å². The number of amides is 1. The number of aromatic nitrogens is 1. The van der Waals surface area contributed by atoms with Gasteiger partial charge in [0, 0.05) is 0 Å². The smallest absolute Gasteiger partial charge is 0.413 e. The van der Waals surface area contributed by atoms with Crippen LogP contribution in [0.3, 0.4) is 0 Å². The van der Waals surface area contributed by atoms with Gasteiger partial charge in [0.15, 0.2) is 0 Å². The van der Waals surface area contributed by atoms with E-state index in [1.54, 1.807) is 32.9 Å². The zero-order chi connectivity index (χ0) is 12.9. The summed E-state index contributed by atoms with van der Waals surface area (Å²) in [6, 6.07) is 3.30. The number of hydrogen-bond donors (Lipinski definition) is 2. The molecule has 0 aromatic carbocycles. The molecule has 3 N–H and O–H groups in total. The number of pyridine rings is 1. The van der Waals surface area contributed by atoms with Crippen molar-refractivity contribution in [1.29, 1.82) is 0 Å². The number of anilines is 1. The van der Waals surface area contributed by atoms with Crippen LogP contribution in [0.15, 0.2) is 23.3 Å². The number of carbonyl (C=O) groups excluding carboxylic acids is 1. The van der Waals surface area contributed by atoms with E-state index in [-0.39, 0.29) is 0 Å². The normalized spacial score (nSPS) is 11.5. The fourth-order valence-corrected chi connectivity index (χ4v) is 1.03. The number of hydrogen-bond acceptors (Lipinski definition) is 4. The average Bonchev–Trinajstić information content (AvgIpc) is 2.18. The molecule has 17 heavy (non-hydrogen) atoms. The Hall–Kier alpha value is -2.11. The summed E-state index contributed by atoms with van der Waals surface area (Å²) in [4.78, 5) is 19.2. The molecule has 1 amide bonds. The summed E-state index contributed by atoms with van der Waals surface area (Å²) >= 11 is 0. The molecule has 1 aromatic rings. The Kier molecular flexibility index (Phi) is 4.03. The van der Waals surface area contributed by atoms with Crippen molar-refractivity contribution in [2.24, 2.45) is 10.7 Å². The number of nitrogens with one attached hydrogen (secondary N) is 1. The number of rotatable bonds is 2. The van der Waals surface area contributed by atoms with E-state index in [1.807, 2.05) is 0 Å². The Balaban J connectivity index is 2.60. The molecule has 1 rings (SSSR count). The van der Waals surface area contributed by atoms with Gasteiger partial charge in [0.2, 0.25) is 0 Å². The first-order valence-electron chi connectivity index (χ1n) is 5.11. The third-order valence-electron chi connectivity index (χ3n) is 1.60. The Morgan fingerprint density at radius 2 is 2.24 bits per heavy atom. The summed E-state index contributed by atoms with van der Waals surface area (Å²) in [7, 11) is 0. The molecule has 0 unspecified atom stereocenters. The van der Waals surface area contributed by atoms with Crippen LogP contribution in [0, 0.1) is 0 Å². The largest absolute Gasteiger partial charge is 0.444 e. The molecule has 0 aliphatic carbocycles. The van der Waals surface area contributed by atoms with Crippen LogP contribution in [0.2, 0.25) is 0 Å². The predicted octanol–water partition coefficient (Wildman–Crippen LogP) is 2.05. The average molecular weight is 236 g/mol. The van der Waals surface area contributed by atoms with Crippen LogP contribution in [0.4, 0.5) is 16.3 Å². The zero-order valence-corrected chi connectivity index (χ0v) is 10.1. The highest BCUT2D eigenvalue weighted by molar-refractivity contribution is 5.83. The molecule has 0 spiro atoms. The molecule has 0 radical (unpaired) electrons. The molecule has 0 saturated heterocycles. The van der Waals surface area contributed by atoms with E-state index in [9.17, 15) is 4.79 Å². The van der Waals surface area contributed by atoms with Gasteiger partial charge in [-0.05, 0) is 32.9 Å². The van der Waals surface area contributed by atoms with Crippen LogP contribution in [-0.2, 0) is 4.74 Å². The van der Waals surface area contributed by atoms with Gasteiger partial charge in [0.25, 0.3) is 0 Å². The van der Waals surface area contributed by atoms with Gasteiger partial charge in [0.1, 0.15) is 11.4 Å². The second-order valence-corrected chi connectivity index (χ2v) is 4.31. The maximum Gasteiger partial charge on any atom is 0.413 e. The van der Waals surface area contributed by atoms with Crippen LogP contribution in [-0.4, -0.2) is 23.0 Å². The second-order valence-electron chi connectivity index (χ2n) is 4.31. The Labute approximate surface area is 99.9 Å². The van der Waals surface area contributed by atoms with Crippen molar-refractivity contribution in [2.75, 3.05) is 5.32 Å². The molecule has 0 bridgehead atoms. The first-order valence-corrected chi connectivity index (χ1v) is 5.11. The van der Waals surface area contributed by atoms with Crippen molar-refractivity contribution in [3.8, 4) is 0 Å². The van der Waals surface area contributed by atoms with E-state index < -0.39 is 11.7 Å². The summed E-state index contributed by atoms with van der Waals surface area (Å²) in [5.74, 6) is 0.398. The first-order chi connectivity index (χ1) is 7.90. The van der Waals surface area contributed by atoms with Gasteiger partial charge in [-0.25, -0.2) is 14.8 Å². The lowest BCUT2D eigenvalue weighted by molar-refractivity contribution is 0.0635. The van der Waals surface area contributed by atoms with Crippen LogP contribution < -0.4 is 11.1 Å². The van der Waals surface area contributed by atoms with Gasteiger partial charge in [-0.1, -0.05) is 0 Å². The molecule has 0 atom stereocenters. The van der Waals surface area contributed by atoms with Gasteiger partial charge in [0.05, 0.1) is 18.2 Å². The van der Waals surface area contributed by atoms with E-state index >= 15 is 0 Å². The molecule has 1 heterocycles. The van der Waals surface area contributed by atoms with Gasteiger partial charge in [-0.2, -0.15) is 0 Å². The Morgan fingerprint density at radius 3 is 2.71 bits per heavy atom.